The SMILES string of the molecule is O=C(Cc1ccc([N+](=O)[O-])cc1)Nc1ccccc1-c1ccccc1. The minimum Gasteiger partial charge on any atom is -0.325 e. The summed E-state index contributed by atoms with van der Waals surface area (Å²) in [6.07, 6.45) is 0.154. The van der Waals surface area contributed by atoms with Gasteiger partial charge in [-0.2, -0.15) is 0 Å². The summed E-state index contributed by atoms with van der Waals surface area (Å²) in [5, 5.41) is 13.6. The molecule has 1 N–H and O–H groups in total. The van der Waals surface area contributed by atoms with Crippen LogP contribution in [0.5, 0.6) is 0 Å². The van der Waals surface area contributed by atoms with E-state index in [9.17, 15) is 14.9 Å². The zero-order valence-corrected chi connectivity index (χ0v) is 13.4. The van der Waals surface area contributed by atoms with Gasteiger partial charge in [0.2, 0.25) is 5.91 Å². The quantitative estimate of drug-likeness (QED) is 0.554. The average Bonchev–Trinajstić information content (AvgIpc) is 2.63. The van der Waals surface area contributed by atoms with Crippen LogP contribution in [-0.2, 0) is 11.2 Å². The maximum Gasteiger partial charge on any atom is 0.269 e. The molecule has 0 heterocycles. The molecule has 25 heavy (non-hydrogen) atoms. The third-order valence-electron chi connectivity index (χ3n) is 3.80. The van der Waals surface area contributed by atoms with Gasteiger partial charge in [0, 0.05) is 23.4 Å². The first-order valence-corrected chi connectivity index (χ1v) is 7.81. The summed E-state index contributed by atoms with van der Waals surface area (Å²) >= 11 is 0. The number of amides is 1. The Kier molecular flexibility index (Phi) is 4.85. The van der Waals surface area contributed by atoms with Gasteiger partial charge in [0.25, 0.3) is 5.69 Å². The van der Waals surface area contributed by atoms with Crippen molar-refractivity contribution in [1.82, 2.24) is 0 Å². The van der Waals surface area contributed by atoms with Crippen molar-refractivity contribution in [3.63, 3.8) is 0 Å². The van der Waals surface area contributed by atoms with Crippen molar-refractivity contribution >= 4 is 17.3 Å². The topological polar surface area (TPSA) is 72.2 Å². The molecule has 5 heteroatoms. The number of nitrogens with one attached hydrogen (secondary N) is 1. The first-order chi connectivity index (χ1) is 12.1. The number of nitro benzene ring substituents is 1. The molecule has 0 fully saturated rings. The van der Waals surface area contributed by atoms with Gasteiger partial charge in [-0.05, 0) is 17.2 Å². The van der Waals surface area contributed by atoms with E-state index in [1.54, 1.807) is 12.1 Å². The van der Waals surface area contributed by atoms with E-state index in [0.29, 0.717) is 0 Å². The van der Waals surface area contributed by atoms with E-state index < -0.39 is 4.92 Å². The van der Waals surface area contributed by atoms with Gasteiger partial charge >= 0.3 is 0 Å². The Bertz CT molecular complexity index is 890. The molecule has 0 saturated heterocycles. The maximum absolute atomic E-state index is 12.3. The van der Waals surface area contributed by atoms with Crippen LogP contribution in [0.1, 0.15) is 5.56 Å². The van der Waals surface area contributed by atoms with Crippen LogP contribution in [0.25, 0.3) is 11.1 Å². The Morgan fingerprint density at radius 1 is 0.880 bits per heavy atom. The van der Waals surface area contributed by atoms with Gasteiger partial charge in [0.15, 0.2) is 0 Å². The Labute approximate surface area is 145 Å². The number of nitrogens with zero attached hydrogens (tertiary/aromatic N) is 1. The molecule has 0 bridgehead atoms. The average molecular weight is 332 g/mol. The summed E-state index contributed by atoms with van der Waals surface area (Å²) < 4.78 is 0. The Morgan fingerprint density at radius 3 is 2.20 bits per heavy atom. The molecule has 0 radical (unpaired) electrons. The van der Waals surface area contributed by atoms with E-state index in [-0.39, 0.29) is 18.0 Å². The van der Waals surface area contributed by atoms with Crippen LogP contribution in [0, 0.1) is 10.1 Å². The predicted molar refractivity (Wildman–Crippen MR) is 97.3 cm³/mol. The molecular formula is C20H16N2O3. The molecule has 0 saturated carbocycles. The lowest BCUT2D eigenvalue weighted by Gasteiger charge is -2.11. The third kappa shape index (κ3) is 4.09. The second-order valence-electron chi connectivity index (χ2n) is 5.56. The highest BCUT2D eigenvalue weighted by atomic mass is 16.6. The molecule has 3 aromatic carbocycles. The fourth-order valence-electron chi connectivity index (χ4n) is 2.58. The second-order valence-corrected chi connectivity index (χ2v) is 5.56. The highest BCUT2D eigenvalue weighted by Gasteiger charge is 2.10. The van der Waals surface area contributed by atoms with Gasteiger partial charge < -0.3 is 5.32 Å². The predicted octanol–water partition coefficient (Wildman–Crippen LogP) is 4.44. The van der Waals surface area contributed by atoms with Crippen molar-refractivity contribution in [3.8, 4) is 11.1 Å². The van der Waals surface area contributed by atoms with Crippen molar-refractivity contribution in [3.05, 3.63) is 94.5 Å². The van der Waals surface area contributed by atoms with Gasteiger partial charge in [-0.3, -0.25) is 14.9 Å². The van der Waals surface area contributed by atoms with Gasteiger partial charge in [-0.15, -0.1) is 0 Å². The van der Waals surface area contributed by atoms with Crippen molar-refractivity contribution in [2.24, 2.45) is 0 Å². The van der Waals surface area contributed by atoms with Crippen LogP contribution in [0.3, 0.4) is 0 Å². The number of para-hydroxylation sites is 1. The number of non-ortho nitro benzene ring substituents is 1. The van der Waals surface area contributed by atoms with Crippen molar-refractivity contribution in [2.75, 3.05) is 5.32 Å². The monoisotopic (exact) mass is 332 g/mol. The Hall–Kier alpha value is -3.47. The lowest BCUT2D eigenvalue weighted by Crippen LogP contribution is -2.15. The Balaban J connectivity index is 1.74. The molecule has 0 aliphatic carbocycles. The molecule has 3 rings (SSSR count). The zero-order valence-electron chi connectivity index (χ0n) is 13.4. The van der Waals surface area contributed by atoms with Crippen molar-refractivity contribution in [1.29, 1.82) is 0 Å². The molecule has 3 aromatic rings. The minimum atomic E-state index is -0.458. The van der Waals surface area contributed by atoms with Crippen LogP contribution in [-0.4, -0.2) is 10.8 Å². The number of nitro groups is 1. The van der Waals surface area contributed by atoms with E-state index in [0.717, 1.165) is 22.4 Å². The lowest BCUT2D eigenvalue weighted by molar-refractivity contribution is -0.384. The molecule has 0 spiro atoms. The van der Waals surface area contributed by atoms with Crippen LogP contribution >= 0.6 is 0 Å². The van der Waals surface area contributed by atoms with Crippen molar-refractivity contribution in [2.45, 2.75) is 6.42 Å². The van der Waals surface area contributed by atoms with Gasteiger partial charge in [-0.25, -0.2) is 0 Å². The number of rotatable bonds is 5. The molecule has 0 unspecified atom stereocenters. The van der Waals surface area contributed by atoms with Crippen LogP contribution in [0.15, 0.2) is 78.9 Å². The number of anilines is 1. The normalized spacial score (nSPS) is 10.2. The van der Waals surface area contributed by atoms with Crippen LogP contribution in [0.2, 0.25) is 0 Å². The number of carbonyl (C=O) groups is 1. The molecule has 0 aliphatic heterocycles. The molecular weight excluding hydrogens is 316 g/mol. The number of carbonyl (C=O) groups excluding carboxylic acids is 1. The molecule has 0 atom stereocenters. The Morgan fingerprint density at radius 2 is 1.52 bits per heavy atom. The summed E-state index contributed by atoms with van der Waals surface area (Å²) in [5.74, 6) is -0.169. The van der Waals surface area contributed by atoms with E-state index in [1.807, 2.05) is 54.6 Å². The second kappa shape index (κ2) is 7.40. The fourth-order valence-corrected chi connectivity index (χ4v) is 2.58. The maximum atomic E-state index is 12.3. The summed E-state index contributed by atoms with van der Waals surface area (Å²) in [4.78, 5) is 22.6. The minimum absolute atomic E-state index is 0.0126. The van der Waals surface area contributed by atoms with E-state index in [4.69, 9.17) is 0 Å². The largest absolute Gasteiger partial charge is 0.325 e. The lowest BCUT2D eigenvalue weighted by atomic mass is 10.0. The van der Waals surface area contributed by atoms with E-state index >= 15 is 0 Å². The standard InChI is InChI=1S/C20H16N2O3/c23-20(14-15-10-12-17(13-11-15)22(24)25)21-19-9-5-4-8-18(19)16-6-2-1-3-7-16/h1-13H,14H2,(H,21,23). The molecule has 0 aromatic heterocycles. The third-order valence-corrected chi connectivity index (χ3v) is 3.80. The summed E-state index contributed by atoms with van der Waals surface area (Å²) in [7, 11) is 0. The summed E-state index contributed by atoms with van der Waals surface area (Å²) in [6.45, 7) is 0. The smallest absolute Gasteiger partial charge is 0.269 e. The van der Waals surface area contributed by atoms with Crippen molar-refractivity contribution < 1.29 is 9.72 Å². The molecule has 1 amide bonds. The van der Waals surface area contributed by atoms with E-state index in [2.05, 4.69) is 5.32 Å². The summed E-state index contributed by atoms with van der Waals surface area (Å²) in [5.41, 5.74) is 3.44. The zero-order chi connectivity index (χ0) is 17.6. The van der Waals surface area contributed by atoms with Crippen LogP contribution in [0.4, 0.5) is 11.4 Å². The first-order valence-electron chi connectivity index (χ1n) is 7.81. The highest BCUT2D eigenvalue weighted by Crippen LogP contribution is 2.27. The fraction of sp³-hybridized carbons (Fsp3) is 0.0500. The molecule has 124 valence electrons. The van der Waals surface area contributed by atoms with Gasteiger partial charge in [0.05, 0.1) is 11.3 Å². The number of hydrogen-bond donors (Lipinski definition) is 1. The molecule has 5 nitrogen and oxygen atoms in total. The number of benzene rings is 3. The highest BCUT2D eigenvalue weighted by molar-refractivity contribution is 5.96. The van der Waals surface area contributed by atoms with Gasteiger partial charge in [0.1, 0.15) is 0 Å². The first kappa shape index (κ1) is 16.4. The van der Waals surface area contributed by atoms with Crippen LogP contribution < -0.4 is 5.32 Å². The number of hydrogen-bond acceptors (Lipinski definition) is 3. The van der Waals surface area contributed by atoms with E-state index in [1.165, 1.54) is 12.1 Å². The summed E-state index contributed by atoms with van der Waals surface area (Å²) in [6, 6.07) is 23.4. The van der Waals surface area contributed by atoms with Gasteiger partial charge in [-0.1, -0.05) is 60.7 Å². The molecule has 0 aliphatic rings.